The van der Waals surface area contributed by atoms with Gasteiger partial charge in [0.1, 0.15) is 17.1 Å². The molecule has 3 rings (SSSR count). The van der Waals surface area contributed by atoms with Gasteiger partial charge in [-0.1, -0.05) is 18.2 Å². The van der Waals surface area contributed by atoms with E-state index in [1.807, 2.05) is 0 Å². The third-order valence-electron chi connectivity index (χ3n) is 3.30. The molecule has 0 unspecified atom stereocenters. The molecule has 0 fully saturated rings. The van der Waals surface area contributed by atoms with Gasteiger partial charge in [0.15, 0.2) is 0 Å². The summed E-state index contributed by atoms with van der Waals surface area (Å²) in [7, 11) is 0. The SMILES string of the molecule is Oc1cccn2c(Cc3ccccc3C(F)(F)F)ncc12. The Labute approximate surface area is 118 Å². The molecule has 108 valence electrons. The molecule has 0 amide bonds. The summed E-state index contributed by atoms with van der Waals surface area (Å²) in [4.78, 5) is 4.11. The van der Waals surface area contributed by atoms with E-state index in [0.717, 1.165) is 6.07 Å². The van der Waals surface area contributed by atoms with E-state index in [4.69, 9.17) is 0 Å². The number of rotatable bonds is 2. The van der Waals surface area contributed by atoms with Crippen molar-refractivity contribution in [3.63, 3.8) is 0 Å². The number of aromatic nitrogens is 2. The van der Waals surface area contributed by atoms with Crippen LogP contribution >= 0.6 is 0 Å². The van der Waals surface area contributed by atoms with Crippen LogP contribution in [0.25, 0.3) is 5.52 Å². The van der Waals surface area contributed by atoms with Crippen molar-refractivity contribution in [3.05, 3.63) is 65.7 Å². The molecule has 0 aliphatic heterocycles. The second-order valence-electron chi connectivity index (χ2n) is 4.65. The standard InChI is InChI=1S/C15H11F3N2O/c16-15(17,18)11-5-2-1-4-10(11)8-14-19-9-12-13(21)6-3-7-20(12)14/h1-7,9,21H,8H2. The summed E-state index contributed by atoms with van der Waals surface area (Å²) in [6.45, 7) is 0. The lowest BCUT2D eigenvalue weighted by Crippen LogP contribution is -2.10. The lowest BCUT2D eigenvalue weighted by molar-refractivity contribution is -0.138. The van der Waals surface area contributed by atoms with Crippen LogP contribution in [-0.4, -0.2) is 14.5 Å². The summed E-state index contributed by atoms with van der Waals surface area (Å²) in [5.74, 6) is 0.484. The van der Waals surface area contributed by atoms with Crippen LogP contribution in [0.5, 0.6) is 5.75 Å². The molecular formula is C15H11F3N2O. The van der Waals surface area contributed by atoms with Crippen LogP contribution in [0.1, 0.15) is 17.0 Å². The lowest BCUT2D eigenvalue weighted by Gasteiger charge is -2.12. The van der Waals surface area contributed by atoms with Crippen molar-refractivity contribution in [1.82, 2.24) is 9.38 Å². The second-order valence-corrected chi connectivity index (χ2v) is 4.65. The van der Waals surface area contributed by atoms with E-state index < -0.39 is 11.7 Å². The van der Waals surface area contributed by atoms with Gasteiger partial charge in [0.25, 0.3) is 0 Å². The van der Waals surface area contributed by atoms with Gasteiger partial charge in [-0.2, -0.15) is 13.2 Å². The average Bonchev–Trinajstić information content (AvgIpc) is 2.83. The van der Waals surface area contributed by atoms with E-state index in [9.17, 15) is 18.3 Å². The third kappa shape index (κ3) is 2.44. The normalized spacial score (nSPS) is 12.0. The van der Waals surface area contributed by atoms with Gasteiger partial charge in [-0.3, -0.25) is 0 Å². The Morgan fingerprint density at radius 1 is 1.10 bits per heavy atom. The highest BCUT2D eigenvalue weighted by Gasteiger charge is 2.33. The average molecular weight is 292 g/mol. The number of pyridine rings is 1. The van der Waals surface area contributed by atoms with Crippen molar-refractivity contribution >= 4 is 5.52 Å². The monoisotopic (exact) mass is 292 g/mol. The zero-order valence-electron chi connectivity index (χ0n) is 10.8. The first-order chi connectivity index (χ1) is 9.97. The molecule has 2 aromatic heterocycles. The third-order valence-corrected chi connectivity index (χ3v) is 3.30. The minimum absolute atomic E-state index is 0.0350. The van der Waals surface area contributed by atoms with Gasteiger partial charge >= 0.3 is 6.18 Å². The minimum Gasteiger partial charge on any atom is -0.506 e. The molecule has 0 saturated heterocycles. The number of halogens is 3. The van der Waals surface area contributed by atoms with Crippen LogP contribution in [0.3, 0.4) is 0 Å². The van der Waals surface area contributed by atoms with E-state index in [-0.39, 0.29) is 17.7 Å². The Hall–Kier alpha value is -2.50. The van der Waals surface area contributed by atoms with Crippen molar-refractivity contribution in [2.45, 2.75) is 12.6 Å². The van der Waals surface area contributed by atoms with E-state index >= 15 is 0 Å². The number of hydrogen-bond donors (Lipinski definition) is 1. The number of alkyl halides is 3. The van der Waals surface area contributed by atoms with E-state index in [2.05, 4.69) is 4.98 Å². The van der Waals surface area contributed by atoms with E-state index in [0.29, 0.717) is 11.3 Å². The predicted octanol–water partition coefficient (Wildman–Crippen LogP) is 3.65. The first-order valence-corrected chi connectivity index (χ1v) is 6.26. The zero-order chi connectivity index (χ0) is 15.0. The molecule has 0 saturated carbocycles. The molecule has 1 aromatic carbocycles. The summed E-state index contributed by atoms with van der Waals surface area (Å²) >= 11 is 0. The van der Waals surface area contributed by atoms with Gasteiger partial charge < -0.3 is 9.51 Å². The maximum Gasteiger partial charge on any atom is 0.416 e. The Bertz CT molecular complexity index is 793. The molecule has 0 bridgehead atoms. The fourth-order valence-corrected chi connectivity index (χ4v) is 2.31. The molecule has 21 heavy (non-hydrogen) atoms. The number of aromatic hydroxyl groups is 1. The highest BCUT2D eigenvalue weighted by molar-refractivity contribution is 5.58. The summed E-state index contributed by atoms with van der Waals surface area (Å²) in [5.41, 5.74) is -0.0419. The molecule has 0 aliphatic rings. The highest BCUT2D eigenvalue weighted by Crippen LogP contribution is 2.33. The van der Waals surface area contributed by atoms with Crippen LogP contribution in [-0.2, 0) is 12.6 Å². The Balaban J connectivity index is 2.06. The first-order valence-electron chi connectivity index (χ1n) is 6.26. The highest BCUT2D eigenvalue weighted by atomic mass is 19.4. The van der Waals surface area contributed by atoms with Gasteiger partial charge in [0.2, 0.25) is 0 Å². The summed E-state index contributed by atoms with van der Waals surface area (Å²) < 4.78 is 40.5. The van der Waals surface area contributed by atoms with E-state index in [1.54, 1.807) is 22.7 Å². The minimum atomic E-state index is -4.40. The summed E-state index contributed by atoms with van der Waals surface area (Å²) in [5, 5.41) is 9.69. The van der Waals surface area contributed by atoms with Crippen LogP contribution in [0.4, 0.5) is 13.2 Å². The first kappa shape index (κ1) is 13.5. The summed E-state index contributed by atoms with van der Waals surface area (Å²) in [6.07, 6.45) is -1.26. The number of benzene rings is 1. The molecule has 0 radical (unpaired) electrons. The number of imidazole rings is 1. The Morgan fingerprint density at radius 3 is 2.62 bits per heavy atom. The molecule has 0 spiro atoms. The number of nitrogens with zero attached hydrogens (tertiary/aromatic N) is 2. The Kier molecular flexibility index (Phi) is 3.08. The molecule has 3 nitrogen and oxygen atoms in total. The van der Waals surface area contributed by atoms with Gasteiger partial charge in [-0.25, -0.2) is 4.98 Å². The van der Waals surface area contributed by atoms with Crippen LogP contribution in [0.2, 0.25) is 0 Å². The lowest BCUT2D eigenvalue weighted by atomic mass is 10.0. The molecular weight excluding hydrogens is 281 g/mol. The fourth-order valence-electron chi connectivity index (χ4n) is 2.31. The molecule has 1 N–H and O–H groups in total. The molecule has 2 heterocycles. The smallest absolute Gasteiger partial charge is 0.416 e. The van der Waals surface area contributed by atoms with Crippen molar-refractivity contribution < 1.29 is 18.3 Å². The van der Waals surface area contributed by atoms with Crippen molar-refractivity contribution in [1.29, 1.82) is 0 Å². The van der Waals surface area contributed by atoms with Crippen LogP contribution < -0.4 is 0 Å². The fraction of sp³-hybridized carbons (Fsp3) is 0.133. The van der Waals surface area contributed by atoms with Crippen molar-refractivity contribution in [2.75, 3.05) is 0 Å². The van der Waals surface area contributed by atoms with E-state index in [1.165, 1.54) is 24.4 Å². The summed E-state index contributed by atoms with van der Waals surface area (Å²) in [6, 6.07) is 8.54. The Morgan fingerprint density at radius 2 is 1.86 bits per heavy atom. The largest absolute Gasteiger partial charge is 0.506 e. The van der Waals surface area contributed by atoms with Crippen LogP contribution in [0, 0.1) is 0 Å². The van der Waals surface area contributed by atoms with Gasteiger partial charge in [0, 0.05) is 12.6 Å². The number of fused-ring (bicyclic) bond motifs is 1. The maximum absolute atomic E-state index is 13.0. The second kappa shape index (κ2) is 4.80. The quantitative estimate of drug-likeness (QED) is 0.783. The molecule has 3 aromatic rings. The number of hydrogen-bond acceptors (Lipinski definition) is 2. The van der Waals surface area contributed by atoms with Crippen LogP contribution in [0.15, 0.2) is 48.8 Å². The predicted molar refractivity (Wildman–Crippen MR) is 71.1 cm³/mol. The molecule has 0 aliphatic carbocycles. The van der Waals surface area contributed by atoms with Gasteiger partial charge in [-0.05, 0) is 23.8 Å². The molecule has 0 atom stereocenters. The molecule has 6 heteroatoms. The topological polar surface area (TPSA) is 37.5 Å². The maximum atomic E-state index is 13.0. The van der Waals surface area contributed by atoms with Crippen molar-refractivity contribution in [3.8, 4) is 5.75 Å². The van der Waals surface area contributed by atoms with Gasteiger partial charge in [0.05, 0.1) is 11.8 Å². The van der Waals surface area contributed by atoms with Gasteiger partial charge in [-0.15, -0.1) is 0 Å². The van der Waals surface area contributed by atoms with Crippen molar-refractivity contribution in [2.24, 2.45) is 0 Å². The zero-order valence-corrected chi connectivity index (χ0v) is 10.8.